The van der Waals surface area contributed by atoms with E-state index in [2.05, 4.69) is 51.7 Å². The van der Waals surface area contributed by atoms with E-state index in [-0.39, 0.29) is 0 Å². The first-order chi connectivity index (χ1) is 12.0. The molecule has 0 bridgehead atoms. The lowest BCUT2D eigenvalue weighted by Gasteiger charge is -2.21. The van der Waals surface area contributed by atoms with E-state index in [9.17, 15) is 0 Å². The van der Waals surface area contributed by atoms with Crippen LogP contribution in [0.5, 0.6) is 0 Å². The molecule has 1 N–H and O–H groups in total. The van der Waals surface area contributed by atoms with Gasteiger partial charge < -0.3 is 5.32 Å². The van der Waals surface area contributed by atoms with E-state index in [1.165, 1.54) is 12.1 Å². The van der Waals surface area contributed by atoms with E-state index in [1.807, 2.05) is 13.0 Å². The van der Waals surface area contributed by atoms with Gasteiger partial charge in [0.25, 0.3) is 0 Å². The lowest BCUT2D eigenvalue weighted by Crippen LogP contribution is -2.27. The minimum absolute atomic E-state index is 0.698. The topological polar surface area (TPSA) is 58.9 Å². The molecule has 0 amide bonds. The summed E-state index contributed by atoms with van der Waals surface area (Å²) in [6, 6.07) is 4.26. The van der Waals surface area contributed by atoms with Crippen LogP contribution in [-0.4, -0.2) is 37.7 Å². The van der Waals surface area contributed by atoms with Crippen molar-refractivity contribution in [2.75, 3.05) is 18.4 Å². The van der Waals surface area contributed by atoms with Crippen LogP contribution in [0.15, 0.2) is 12.1 Å². The minimum Gasteiger partial charge on any atom is -0.364 e. The zero-order chi connectivity index (χ0) is 17.8. The molecule has 3 rings (SSSR count). The van der Waals surface area contributed by atoms with E-state index in [1.54, 1.807) is 0 Å². The first kappa shape index (κ1) is 17.9. The van der Waals surface area contributed by atoms with Crippen LogP contribution in [0.3, 0.4) is 0 Å². The van der Waals surface area contributed by atoms with Crippen LogP contribution in [0.25, 0.3) is 0 Å². The lowest BCUT2D eigenvalue weighted by molar-refractivity contribution is 0.239. The maximum atomic E-state index is 4.79. The van der Waals surface area contributed by atoms with Gasteiger partial charge in [0.1, 0.15) is 11.6 Å². The molecule has 0 unspecified atom stereocenters. The van der Waals surface area contributed by atoms with Crippen LogP contribution < -0.4 is 5.32 Å². The highest BCUT2D eigenvalue weighted by Crippen LogP contribution is 2.16. The Kier molecular flexibility index (Phi) is 5.68. The molecule has 0 fully saturated rings. The number of hydrogen-bond acceptors (Lipinski definition) is 5. The molecular formula is C19H30N6. The summed E-state index contributed by atoms with van der Waals surface area (Å²) in [7, 11) is 0. The second-order valence-corrected chi connectivity index (χ2v) is 7.33. The van der Waals surface area contributed by atoms with Gasteiger partial charge >= 0.3 is 0 Å². The van der Waals surface area contributed by atoms with E-state index in [0.717, 1.165) is 55.6 Å². The molecule has 25 heavy (non-hydrogen) atoms. The first-order valence-electron chi connectivity index (χ1n) is 9.40. The zero-order valence-corrected chi connectivity index (χ0v) is 15.9. The van der Waals surface area contributed by atoms with Gasteiger partial charge in [-0.1, -0.05) is 20.8 Å². The molecule has 3 heterocycles. The minimum atomic E-state index is 0.698. The number of nitrogens with one attached hydrogen (secondary N) is 1. The van der Waals surface area contributed by atoms with Crippen molar-refractivity contribution in [3.05, 3.63) is 35.0 Å². The maximum Gasteiger partial charge on any atom is 0.130 e. The van der Waals surface area contributed by atoms with E-state index in [4.69, 9.17) is 5.10 Å². The van der Waals surface area contributed by atoms with E-state index in [0.29, 0.717) is 12.5 Å². The van der Waals surface area contributed by atoms with Crippen LogP contribution in [0, 0.1) is 12.8 Å². The molecule has 1 aliphatic heterocycles. The normalized spacial score (nSPS) is 15.2. The van der Waals surface area contributed by atoms with Crippen molar-refractivity contribution in [3.8, 4) is 0 Å². The fourth-order valence-corrected chi connectivity index (χ4v) is 3.43. The van der Waals surface area contributed by atoms with Crippen LogP contribution in [0.1, 0.15) is 50.1 Å². The molecule has 0 atom stereocenters. The van der Waals surface area contributed by atoms with Crippen molar-refractivity contribution in [3.63, 3.8) is 0 Å². The molecule has 0 spiro atoms. The van der Waals surface area contributed by atoms with Crippen LogP contribution in [0.2, 0.25) is 0 Å². The molecule has 1 aliphatic rings. The summed E-state index contributed by atoms with van der Waals surface area (Å²) in [6.07, 6.45) is 2.09. The summed E-state index contributed by atoms with van der Waals surface area (Å²) in [5, 5.41) is 8.19. The van der Waals surface area contributed by atoms with Gasteiger partial charge in [0, 0.05) is 37.9 Å². The molecular weight excluding hydrogens is 312 g/mol. The van der Waals surface area contributed by atoms with Crippen molar-refractivity contribution < 1.29 is 0 Å². The lowest BCUT2D eigenvalue weighted by atomic mass is 10.2. The molecule has 136 valence electrons. The molecule has 0 radical (unpaired) electrons. The summed E-state index contributed by atoms with van der Waals surface area (Å²) in [6.45, 7) is 13.6. The quantitative estimate of drug-likeness (QED) is 0.874. The summed E-state index contributed by atoms with van der Waals surface area (Å²) >= 11 is 0. The van der Waals surface area contributed by atoms with Crippen molar-refractivity contribution in [2.24, 2.45) is 5.92 Å². The summed E-state index contributed by atoms with van der Waals surface area (Å²) in [5.41, 5.74) is 3.47. The van der Waals surface area contributed by atoms with E-state index < -0.39 is 0 Å². The van der Waals surface area contributed by atoms with Gasteiger partial charge in [-0.15, -0.1) is 0 Å². The zero-order valence-electron chi connectivity index (χ0n) is 15.9. The number of nitrogens with zero attached hydrogens (tertiary/aromatic N) is 5. The van der Waals surface area contributed by atoms with Gasteiger partial charge in [0.05, 0.1) is 17.9 Å². The number of aryl methyl sites for hydroxylation is 3. The van der Waals surface area contributed by atoms with Crippen molar-refractivity contribution in [2.45, 2.75) is 60.2 Å². The summed E-state index contributed by atoms with van der Waals surface area (Å²) in [5.74, 6) is 2.39. The number of hydrogen-bond donors (Lipinski definition) is 1. The van der Waals surface area contributed by atoms with Gasteiger partial charge in [0.2, 0.25) is 0 Å². The third-order valence-corrected chi connectivity index (χ3v) is 4.47. The molecule has 6 nitrogen and oxygen atoms in total. The Morgan fingerprint density at radius 2 is 2.00 bits per heavy atom. The smallest absolute Gasteiger partial charge is 0.130 e. The number of fused-ring (bicyclic) bond motifs is 1. The predicted molar refractivity (Wildman–Crippen MR) is 100 cm³/mol. The third-order valence-electron chi connectivity index (χ3n) is 4.47. The third kappa shape index (κ3) is 4.78. The molecule has 2 aromatic heterocycles. The Morgan fingerprint density at radius 3 is 2.76 bits per heavy atom. The molecule has 0 aromatic carbocycles. The average molecular weight is 342 g/mol. The van der Waals surface area contributed by atoms with Crippen molar-refractivity contribution >= 4 is 5.82 Å². The van der Waals surface area contributed by atoms with Gasteiger partial charge in [0.15, 0.2) is 0 Å². The molecule has 2 aromatic rings. The Hall–Kier alpha value is -1.95. The molecule has 0 saturated carbocycles. The Morgan fingerprint density at radius 1 is 1.16 bits per heavy atom. The first-order valence-corrected chi connectivity index (χ1v) is 9.40. The maximum absolute atomic E-state index is 4.79. The second-order valence-electron chi connectivity index (χ2n) is 7.33. The number of rotatable bonds is 6. The molecule has 0 aliphatic carbocycles. The van der Waals surface area contributed by atoms with Crippen LogP contribution in [-0.2, 0) is 26.1 Å². The van der Waals surface area contributed by atoms with Gasteiger partial charge in [-0.3, -0.25) is 9.58 Å². The van der Waals surface area contributed by atoms with Crippen LogP contribution in [0.4, 0.5) is 5.82 Å². The van der Waals surface area contributed by atoms with Crippen LogP contribution >= 0.6 is 0 Å². The number of anilines is 1. The Bertz CT molecular complexity index is 706. The Labute approximate surface area is 150 Å². The summed E-state index contributed by atoms with van der Waals surface area (Å²) in [4.78, 5) is 11.4. The van der Waals surface area contributed by atoms with Gasteiger partial charge in [-0.05, 0) is 31.7 Å². The van der Waals surface area contributed by atoms with Crippen molar-refractivity contribution in [1.82, 2.24) is 24.6 Å². The Balaban J connectivity index is 1.66. The largest absolute Gasteiger partial charge is 0.364 e. The molecule has 0 saturated heterocycles. The van der Waals surface area contributed by atoms with Crippen molar-refractivity contribution in [1.29, 1.82) is 0 Å². The second kappa shape index (κ2) is 7.95. The summed E-state index contributed by atoms with van der Waals surface area (Å²) < 4.78 is 2.18. The number of aromatic nitrogens is 4. The monoisotopic (exact) mass is 342 g/mol. The fraction of sp³-hybridized carbons (Fsp3) is 0.632. The molecule has 6 heteroatoms. The highest BCUT2D eigenvalue weighted by Gasteiger charge is 2.17. The van der Waals surface area contributed by atoms with Gasteiger partial charge in [-0.25, -0.2) is 9.97 Å². The predicted octanol–water partition coefficient (Wildman–Crippen LogP) is 3.02. The van der Waals surface area contributed by atoms with E-state index >= 15 is 0 Å². The SMILES string of the molecule is CCc1cc(NCc2cc3n(n2)CCCN(CC(C)C)C3)nc(C)n1. The standard InChI is InChI=1S/C19H30N6/c1-5-16-10-19(22-15(4)21-16)20-11-17-9-18-13-24(12-14(2)3)7-6-8-25(18)23-17/h9-10,14H,5-8,11-13H2,1-4H3,(H,20,21,22). The van der Waals surface area contributed by atoms with Gasteiger partial charge in [-0.2, -0.15) is 5.10 Å². The highest BCUT2D eigenvalue weighted by atomic mass is 15.3. The fourth-order valence-electron chi connectivity index (χ4n) is 3.43. The average Bonchev–Trinajstić information content (AvgIpc) is 2.84. The highest BCUT2D eigenvalue weighted by molar-refractivity contribution is 5.36.